The molecule has 0 spiro atoms. The van der Waals surface area contributed by atoms with Gasteiger partial charge in [0, 0.05) is 5.56 Å². The van der Waals surface area contributed by atoms with Gasteiger partial charge < -0.3 is 19.7 Å². The van der Waals surface area contributed by atoms with Crippen LogP contribution in [0.25, 0.3) is 0 Å². The van der Waals surface area contributed by atoms with E-state index in [9.17, 15) is 14.7 Å². The van der Waals surface area contributed by atoms with Crippen molar-refractivity contribution in [2.24, 2.45) is 0 Å². The smallest absolute Gasteiger partial charge is 0.254 e. The molecule has 118 valence electrons. The number of rotatable bonds is 3. The number of benzene rings is 1. The summed E-state index contributed by atoms with van der Waals surface area (Å²) in [6.07, 6.45) is 5.35. The number of quaternary nitrogens is 1. The standard InChI is InChI=1S/C17H22N2O3/c20-16(13-5-7-14(8-6-13)17(21)22)19-11-9-18(10-12-19)15-3-1-2-4-15/h5-8,15H,1-4,9-12H2,(H,21,22). The summed E-state index contributed by atoms with van der Waals surface area (Å²) >= 11 is 0. The Bertz CT molecular complexity index is 542. The second kappa shape index (κ2) is 6.48. The minimum absolute atomic E-state index is 0.00429. The van der Waals surface area contributed by atoms with Gasteiger partial charge in [0.05, 0.1) is 38.2 Å². The number of amides is 1. The van der Waals surface area contributed by atoms with Crippen LogP contribution in [0.4, 0.5) is 0 Å². The van der Waals surface area contributed by atoms with Gasteiger partial charge in [-0.3, -0.25) is 4.79 Å². The molecule has 1 heterocycles. The molecular formula is C17H22N2O3. The van der Waals surface area contributed by atoms with E-state index in [1.165, 1.54) is 37.8 Å². The monoisotopic (exact) mass is 302 g/mol. The maximum absolute atomic E-state index is 12.5. The fourth-order valence-corrected chi connectivity index (χ4v) is 3.67. The second-order valence-electron chi connectivity index (χ2n) is 6.30. The third-order valence-corrected chi connectivity index (χ3v) is 4.99. The Morgan fingerprint density at radius 2 is 1.55 bits per heavy atom. The first-order valence-electron chi connectivity index (χ1n) is 8.10. The molecule has 1 amide bonds. The molecule has 0 atom stereocenters. The number of aromatic carboxylic acids is 1. The summed E-state index contributed by atoms with van der Waals surface area (Å²) in [6.45, 7) is 3.61. The second-order valence-corrected chi connectivity index (χ2v) is 6.30. The Morgan fingerprint density at radius 3 is 2.09 bits per heavy atom. The third kappa shape index (κ3) is 3.14. The number of hydrogen-bond acceptors (Lipinski definition) is 3. The van der Waals surface area contributed by atoms with Crippen LogP contribution in [-0.2, 0) is 0 Å². The Kier molecular flexibility index (Phi) is 4.43. The van der Waals surface area contributed by atoms with E-state index in [0.717, 1.165) is 32.2 Å². The highest BCUT2D eigenvalue weighted by atomic mass is 16.4. The molecule has 1 aromatic carbocycles. The van der Waals surface area contributed by atoms with Crippen LogP contribution in [0.15, 0.2) is 24.3 Å². The molecule has 1 aliphatic heterocycles. The zero-order chi connectivity index (χ0) is 15.5. The fraction of sp³-hybridized carbons (Fsp3) is 0.529. The van der Waals surface area contributed by atoms with E-state index in [-0.39, 0.29) is 11.5 Å². The first kappa shape index (κ1) is 15.0. The molecule has 0 radical (unpaired) electrons. The van der Waals surface area contributed by atoms with Crippen molar-refractivity contribution in [3.8, 4) is 0 Å². The van der Waals surface area contributed by atoms with Gasteiger partial charge in [-0.15, -0.1) is 0 Å². The summed E-state index contributed by atoms with van der Waals surface area (Å²) < 4.78 is 0. The summed E-state index contributed by atoms with van der Waals surface area (Å²) in [5.74, 6) is -1.22. The lowest BCUT2D eigenvalue weighted by atomic mass is 10.1. The Labute approximate surface area is 130 Å². The number of hydrogen-bond donors (Lipinski definition) is 1. The highest BCUT2D eigenvalue weighted by molar-refractivity contribution is 5.95. The van der Waals surface area contributed by atoms with Gasteiger partial charge in [-0.2, -0.15) is 0 Å². The number of nitrogens with one attached hydrogen (secondary N) is 1. The molecule has 3 rings (SSSR count). The topological polar surface area (TPSA) is 64.9 Å². The zero-order valence-corrected chi connectivity index (χ0v) is 12.7. The molecule has 5 heteroatoms. The van der Waals surface area contributed by atoms with Gasteiger partial charge in [-0.25, -0.2) is 0 Å². The molecule has 0 bridgehead atoms. The fourth-order valence-electron chi connectivity index (χ4n) is 3.67. The molecule has 5 nitrogen and oxygen atoms in total. The van der Waals surface area contributed by atoms with Crippen molar-refractivity contribution in [1.29, 1.82) is 0 Å². The lowest BCUT2D eigenvalue weighted by Crippen LogP contribution is -3.18. The van der Waals surface area contributed by atoms with Gasteiger partial charge >= 0.3 is 0 Å². The van der Waals surface area contributed by atoms with Crippen LogP contribution in [-0.4, -0.2) is 49.0 Å². The van der Waals surface area contributed by atoms with Crippen molar-refractivity contribution in [3.63, 3.8) is 0 Å². The SMILES string of the molecule is O=C([O-])c1ccc(C(=O)N2CC[NH+](C3CCCC3)CC2)cc1. The van der Waals surface area contributed by atoms with Crippen molar-refractivity contribution < 1.29 is 19.6 Å². The van der Waals surface area contributed by atoms with Crippen LogP contribution in [0.3, 0.4) is 0 Å². The normalized spacial score (nSPS) is 20.3. The quantitative estimate of drug-likeness (QED) is 0.806. The van der Waals surface area contributed by atoms with E-state index in [2.05, 4.69) is 0 Å². The Balaban J connectivity index is 1.58. The van der Waals surface area contributed by atoms with Crippen molar-refractivity contribution in [2.45, 2.75) is 31.7 Å². The summed E-state index contributed by atoms with van der Waals surface area (Å²) in [5, 5.41) is 10.7. The maximum Gasteiger partial charge on any atom is 0.254 e. The van der Waals surface area contributed by atoms with Crippen LogP contribution >= 0.6 is 0 Å². The number of carboxylic acids is 1. The van der Waals surface area contributed by atoms with Crippen LogP contribution in [0, 0.1) is 0 Å². The highest BCUT2D eigenvalue weighted by Crippen LogP contribution is 2.16. The molecule has 1 saturated carbocycles. The predicted octanol–water partition coefficient (Wildman–Crippen LogP) is -0.667. The molecule has 1 N–H and O–H groups in total. The molecule has 22 heavy (non-hydrogen) atoms. The van der Waals surface area contributed by atoms with Crippen molar-refractivity contribution >= 4 is 11.9 Å². The average molecular weight is 302 g/mol. The Hall–Kier alpha value is -1.88. The lowest BCUT2D eigenvalue weighted by Gasteiger charge is -2.35. The zero-order valence-electron chi connectivity index (χ0n) is 12.7. The van der Waals surface area contributed by atoms with E-state index in [1.807, 2.05) is 4.90 Å². The highest BCUT2D eigenvalue weighted by Gasteiger charge is 2.31. The van der Waals surface area contributed by atoms with E-state index in [0.29, 0.717) is 5.56 Å². The van der Waals surface area contributed by atoms with Gasteiger partial charge in [0.2, 0.25) is 0 Å². The number of nitrogens with zero attached hydrogens (tertiary/aromatic N) is 1. The number of carbonyl (C=O) groups is 2. The first-order valence-corrected chi connectivity index (χ1v) is 8.10. The largest absolute Gasteiger partial charge is 0.545 e. The molecule has 1 aliphatic carbocycles. The van der Waals surface area contributed by atoms with Gasteiger partial charge in [-0.05, 0) is 43.4 Å². The van der Waals surface area contributed by atoms with Crippen LogP contribution in [0.2, 0.25) is 0 Å². The molecule has 1 aromatic rings. The van der Waals surface area contributed by atoms with Gasteiger partial charge in [0.1, 0.15) is 0 Å². The van der Waals surface area contributed by atoms with Crippen LogP contribution in [0.5, 0.6) is 0 Å². The minimum atomic E-state index is -1.22. The molecule has 0 unspecified atom stereocenters. The average Bonchev–Trinajstić information content (AvgIpc) is 3.09. The number of carbonyl (C=O) groups excluding carboxylic acids is 2. The third-order valence-electron chi connectivity index (χ3n) is 4.99. The van der Waals surface area contributed by atoms with Crippen LogP contribution in [0.1, 0.15) is 46.4 Å². The van der Waals surface area contributed by atoms with Crippen molar-refractivity contribution in [3.05, 3.63) is 35.4 Å². The molecule has 2 aliphatic rings. The summed E-state index contributed by atoms with van der Waals surface area (Å²) in [4.78, 5) is 26.7. The molecule has 0 aromatic heterocycles. The molecular weight excluding hydrogens is 280 g/mol. The predicted molar refractivity (Wildman–Crippen MR) is 79.6 cm³/mol. The van der Waals surface area contributed by atoms with Crippen molar-refractivity contribution in [2.75, 3.05) is 26.2 Å². The van der Waals surface area contributed by atoms with Crippen LogP contribution < -0.4 is 10.0 Å². The Morgan fingerprint density at radius 1 is 1.00 bits per heavy atom. The first-order chi connectivity index (χ1) is 10.6. The minimum Gasteiger partial charge on any atom is -0.545 e. The number of piperazine rings is 1. The maximum atomic E-state index is 12.5. The molecule has 1 saturated heterocycles. The summed E-state index contributed by atoms with van der Waals surface area (Å²) in [7, 11) is 0. The lowest BCUT2D eigenvalue weighted by molar-refractivity contribution is -0.928. The number of carboxylic acid groups (broad SMARTS) is 1. The van der Waals surface area contributed by atoms with E-state index in [1.54, 1.807) is 17.0 Å². The van der Waals surface area contributed by atoms with Gasteiger partial charge in [0.15, 0.2) is 0 Å². The van der Waals surface area contributed by atoms with E-state index >= 15 is 0 Å². The van der Waals surface area contributed by atoms with E-state index < -0.39 is 5.97 Å². The van der Waals surface area contributed by atoms with Gasteiger partial charge in [0.25, 0.3) is 5.91 Å². The summed E-state index contributed by atoms with van der Waals surface area (Å²) in [6, 6.07) is 6.80. The van der Waals surface area contributed by atoms with Crippen molar-refractivity contribution in [1.82, 2.24) is 4.90 Å². The van der Waals surface area contributed by atoms with E-state index in [4.69, 9.17) is 0 Å². The van der Waals surface area contributed by atoms with Gasteiger partial charge in [-0.1, -0.05) is 12.1 Å². The molecule has 2 fully saturated rings. The summed E-state index contributed by atoms with van der Waals surface area (Å²) in [5.41, 5.74) is 0.654.